The van der Waals surface area contributed by atoms with Crippen LogP contribution in [0.25, 0.3) is 0 Å². The molecule has 0 aromatic heterocycles. The van der Waals surface area contributed by atoms with Crippen molar-refractivity contribution in [3.63, 3.8) is 0 Å². The van der Waals surface area contributed by atoms with Gasteiger partial charge >= 0.3 is 0 Å². The fourth-order valence-electron chi connectivity index (χ4n) is 0.872. The highest BCUT2D eigenvalue weighted by Gasteiger charge is 1.96. The Bertz CT molecular complexity index is 281. The Morgan fingerprint density at radius 1 is 1.30 bits per heavy atom. The second-order valence-corrected chi connectivity index (χ2v) is 2.36. The van der Waals surface area contributed by atoms with Gasteiger partial charge in [0.1, 0.15) is 0 Å². The molecule has 1 aromatic rings. The number of hydrogen-bond donors (Lipinski definition) is 0. The molecular weight excluding hydrogens is 122 g/mol. The molecule has 0 bridgehead atoms. The summed E-state index contributed by atoms with van der Waals surface area (Å²) in [4.78, 5) is 0. The van der Waals surface area contributed by atoms with Gasteiger partial charge in [0.2, 0.25) is 0 Å². The van der Waals surface area contributed by atoms with E-state index in [1.807, 2.05) is 32.0 Å². The highest BCUT2D eigenvalue weighted by atomic mass is 14.2. The van der Waals surface area contributed by atoms with Crippen molar-refractivity contribution < 1.29 is 0 Å². The number of nitriles is 1. The van der Waals surface area contributed by atoms with E-state index < -0.39 is 0 Å². The lowest BCUT2D eigenvalue weighted by molar-refractivity contribution is 1.31. The van der Waals surface area contributed by atoms with E-state index >= 15 is 0 Å². The molecule has 1 heteroatoms. The normalized spacial score (nSPS) is 8.90. The first-order valence-electron chi connectivity index (χ1n) is 3.22. The Labute approximate surface area is 60.9 Å². The van der Waals surface area contributed by atoms with Gasteiger partial charge < -0.3 is 0 Å². The average Bonchev–Trinajstić information content (AvgIpc) is 1.95. The predicted molar refractivity (Wildman–Crippen MR) is 40.6 cm³/mol. The van der Waals surface area contributed by atoms with E-state index in [1.165, 1.54) is 5.56 Å². The van der Waals surface area contributed by atoms with Crippen LogP contribution in [0.2, 0.25) is 0 Å². The molecule has 10 heavy (non-hydrogen) atoms. The lowest BCUT2D eigenvalue weighted by Crippen LogP contribution is -1.84. The first kappa shape index (κ1) is 6.82. The van der Waals surface area contributed by atoms with Gasteiger partial charge in [-0.05, 0) is 31.0 Å². The van der Waals surface area contributed by atoms with E-state index in [9.17, 15) is 0 Å². The molecule has 0 fully saturated rings. The Morgan fingerprint density at radius 2 is 2.00 bits per heavy atom. The van der Waals surface area contributed by atoms with Gasteiger partial charge in [0.05, 0.1) is 11.6 Å². The maximum Gasteiger partial charge on any atom is 0.0994 e. The van der Waals surface area contributed by atoms with Crippen LogP contribution in [0.4, 0.5) is 0 Å². The third kappa shape index (κ3) is 1.01. The fourth-order valence-corrected chi connectivity index (χ4v) is 0.872. The molecule has 0 heterocycles. The van der Waals surface area contributed by atoms with Crippen LogP contribution in [-0.2, 0) is 0 Å². The molecule has 0 radical (unpaired) electrons. The summed E-state index contributed by atoms with van der Waals surface area (Å²) >= 11 is 0. The maximum atomic E-state index is 8.59. The van der Waals surface area contributed by atoms with E-state index in [4.69, 9.17) is 5.26 Å². The third-order valence-corrected chi connectivity index (χ3v) is 1.73. The van der Waals surface area contributed by atoms with Crippen molar-refractivity contribution in [3.8, 4) is 6.07 Å². The number of rotatable bonds is 0. The molecular formula is C9H9N. The molecule has 1 aromatic carbocycles. The number of hydrogen-bond acceptors (Lipinski definition) is 1. The minimum atomic E-state index is 0.778. The third-order valence-electron chi connectivity index (χ3n) is 1.73. The molecule has 0 spiro atoms. The molecule has 0 atom stereocenters. The molecule has 0 N–H and O–H groups in total. The van der Waals surface area contributed by atoms with Crippen LogP contribution in [0.5, 0.6) is 0 Å². The highest BCUT2D eigenvalue weighted by molar-refractivity contribution is 5.40. The van der Waals surface area contributed by atoms with Crippen molar-refractivity contribution >= 4 is 0 Å². The molecule has 0 aliphatic heterocycles. The molecule has 0 aliphatic rings. The summed E-state index contributed by atoms with van der Waals surface area (Å²) in [5.41, 5.74) is 3.05. The van der Waals surface area contributed by atoms with Crippen molar-refractivity contribution in [2.75, 3.05) is 0 Å². The molecule has 0 saturated heterocycles. The van der Waals surface area contributed by atoms with Gasteiger partial charge in [-0.25, -0.2) is 0 Å². The molecule has 1 nitrogen and oxygen atoms in total. The Hall–Kier alpha value is -1.29. The zero-order chi connectivity index (χ0) is 7.56. The van der Waals surface area contributed by atoms with Gasteiger partial charge in [0.15, 0.2) is 0 Å². The molecule has 0 saturated carbocycles. The Kier molecular flexibility index (Phi) is 1.73. The van der Waals surface area contributed by atoms with Crippen molar-refractivity contribution in [1.82, 2.24) is 0 Å². The van der Waals surface area contributed by atoms with E-state index in [2.05, 4.69) is 6.07 Å². The number of benzene rings is 1. The molecule has 1 rings (SSSR count). The SMILES string of the molecule is Cc1cccc(C#N)c1C. The summed E-state index contributed by atoms with van der Waals surface area (Å²) < 4.78 is 0. The summed E-state index contributed by atoms with van der Waals surface area (Å²) in [5, 5.41) is 8.59. The van der Waals surface area contributed by atoms with Gasteiger partial charge in [-0.3, -0.25) is 0 Å². The summed E-state index contributed by atoms with van der Waals surface area (Å²) in [6.45, 7) is 3.98. The summed E-state index contributed by atoms with van der Waals surface area (Å²) in [6.07, 6.45) is 0. The second-order valence-electron chi connectivity index (χ2n) is 2.36. The lowest BCUT2D eigenvalue weighted by Gasteiger charge is -1.98. The van der Waals surface area contributed by atoms with Crippen LogP contribution >= 0.6 is 0 Å². The molecule has 0 amide bonds. The summed E-state index contributed by atoms with van der Waals surface area (Å²) in [6, 6.07) is 7.89. The van der Waals surface area contributed by atoms with E-state index in [-0.39, 0.29) is 0 Å². The molecule has 50 valence electrons. The zero-order valence-electron chi connectivity index (χ0n) is 6.18. The average molecular weight is 131 g/mol. The van der Waals surface area contributed by atoms with Crippen LogP contribution < -0.4 is 0 Å². The molecule has 0 unspecified atom stereocenters. The first-order chi connectivity index (χ1) is 4.75. The first-order valence-corrected chi connectivity index (χ1v) is 3.22. The van der Waals surface area contributed by atoms with Crippen molar-refractivity contribution in [3.05, 3.63) is 34.9 Å². The van der Waals surface area contributed by atoms with Crippen molar-refractivity contribution in [2.45, 2.75) is 13.8 Å². The van der Waals surface area contributed by atoms with E-state index in [0.29, 0.717) is 0 Å². The van der Waals surface area contributed by atoms with Gasteiger partial charge in [0.25, 0.3) is 0 Å². The van der Waals surface area contributed by atoms with Crippen molar-refractivity contribution in [1.29, 1.82) is 5.26 Å². The van der Waals surface area contributed by atoms with Gasteiger partial charge in [-0.15, -0.1) is 0 Å². The molecule has 0 aliphatic carbocycles. The number of nitrogens with zero attached hydrogens (tertiary/aromatic N) is 1. The summed E-state index contributed by atoms with van der Waals surface area (Å²) in [5.74, 6) is 0. The van der Waals surface area contributed by atoms with Gasteiger partial charge in [-0.1, -0.05) is 12.1 Å². The zero-order valence-corrected chi connectivity index (χ0v) is 6.18. The van der Waals surface area contributed by atoms with Crippen LogP contribution in [0.3, 0.4) is 0 Å². The minimum absolute atomic E-state index is 0.778. The fraction of sp³-hybridized carbons (Fsp3) is 0.222. The quantitative estimate of drug-likeness (QED) is 0.529. The minimum Gasteiger partial charge on any atom is -0.192 e. The Balaban J connectivity index is 3.31. The van der Waals surface area contributed by atoms with Crippen LogP contribution in [0.1, 0.15) is 16.7 Å². The van der Waals surface area contributed by atoms with Gasteiger partial charge in [-0.2, -0.15) is 5.26 Å². The van der Waals surface area contributed by atoms with Crippen molar-refractivity contribution in [2.24, 2.45) is 0 Å². The highest BCUT2D eigenvalue weighted by Crippen LogP contribution is 2.10. The predicted octanol–water partition coefficient (Wildman–Crippen LogP) is 2.18. The lowest BCUT2D eigenvalue weighted by atomic mass is 10.1. The standard InChI is InChI=1S/C9H9N/c1-7-4-3-5-9(6-10)8(7)2/h3-5H,1-2H3. The Morgan fingerprint density at radius 3 is 2.50 bits per heavy atom. The summed E-state index contributed by atoms with van der Waals surface area (Å²) in [7, 11) is 0. The monoisotopic (exact) mass is 131 g/mol. The smallest absolute Gasteiger partial charge is 0.0994 e. The van der Waals surface area contributed by atoms with Gasteiger partial charge in [0, 0.05) is 0 Å². The van der Waals surface area contributed by atoms with Crippen LogP contribution in [0.15, 0.2) is 18.2 Å². The van der Waals surface area contributed by atoms with Crippen LogP contribution in [-0.4, -0.2) is 0 Å². The van der Waals surface area contributed by atoms with E-state index in [1.54, 1.807) is 0 Å². The topological polar surface area (TPSA) is 23.8 Å². The maximum absolute atomic E-state index is 8.59. The number of aryl methyl sites for hydroxylation is 1. The second kappa shape index (κ2) is 2.53. The van der Waals surface area contributed by atoms with E-state index in [0.717, 1.165) is 11.1 Å². The van der Waals surface area contributed by atoms with Crippen LogP contribution in [0, 0.1) is 25.2 Å². The largest absolute Gasteiger partial charge is 0.192 e.